The highest BCUT2D eigenvalue weighted by atomic mass is 35.5. The highest BCUT2D eigenvalue weighted by Gasteiger charge is 2.36. The van der Waals surface area contributed by atoms with Crippen molar-refractivity contribution in [1.82, 2.24) is 15.3 Å². The Bertz CT molecular complexity index is 1510. The second-order valence-electron chi connectivity index (χ2n) is 7.58. The molecule has 11 heteroatoms. The predicted molar refractivity (Wildman–Crippen MR) is 127 cm³/mol. The fourth-order valence-corrected chi connectivity index (χ4v) is 6.19. The molecule has 0 aliphatic heterocycles. The molecule has 0 bridgehead atoms. The first kappa shape index (κ1) is 23.5. The number of amides is 1. The number of nitrogens with one attached hydrogen (secondary N) is 2. The van der Waals surface area contributed by atoms with Gasteiger partial charge in [0.1, 0.15) is 18.1 Å². The van der Waals surface area contributed by atoms with E-state index in [0.29, 0.717) is 31.8 Å². The van der Waals surface area contributed by atoms with Gasteiger partial charge in [-0.2, -0.15) is 5.26 Å². The number of hydrogen-bond donors (Lipinski definition) is 2. The van der Waals surface area contributed by atoms with Crippen molar-refractivity contribution in [1.29, 1.82) is 5.26 Å². The van der Waals surface area contributed by atoms with E-state index in [1.54, 1.807) is 37.3 Å². The smallest absolute Gasteiger partial charge is 0.289 e. The van der Waals surface area contributed by atoms with Crippen LogP contribution in [0.3, 0.4) is 0 Å². The molecule has 0 saturated heterocycles. The molecule has 0 aliphatic rings. The molecule has 2 aromatic carbocycles. The monoisotopic (exact) mass is 495 g/mol. The lowest BCUT2D eigenvalue weighted by Crippen LogP contribution is -2.32. The number of halogens is 1. The number of carbonyl (C=O) groups is 1. The molecule has 2 heterocycles. The summed E-state index contributed by atoms with van der Waals surface area (Å²) in [5.74, 6) is -0.561. The fourth-order valence-electron chi connectivity index (χ4n) is 3.73. The number of hydrogen-bond acceptors (Lipinski definition) is 6. The Morgan fingerprint density at radius 3 is 2.85 bits per heavy atom. The van der Waals surface area contributed by atoms with Gasteiger partial charge < -0.3 is 20.0 Å². The van der Waals surface area contributed by atoms with Gasteiger partial charge in [-0.15, -0.1) is 0 Å². The van der Waals surface area contributed by atoms with Gasteiger partial charge in [0.15, 0.2) is 0 Å². The van der Waals surface area contributed by atoms with Crippen LogP contribution in [0.1, 0.15) is 27.2 Å². The van der Waals surface area contributed by atoms with Gasteiger partial charge in [-0.05, 0) is 48.9 Å². The minimum atomic E-state index is -3.85. The molecule has 9 nitrogen and oxygen atoms in total. The molecule has 4 aromatic rings. The number of fused-ring (bicyclic) bond motifs is 1. The molecule has 1 atom stereocenters. The normalized spacial score (nSPS) is 12.8. The molecule has 2 N–H and O–H groups in total. The third kappa shape index (κ3) is 4.39. The predicted octanol–water partition coefficient (Wildman–Crippen LogP) is 2.84. The number of rotatable bonds is 6. The van der Waals surface area contributed by atoms with Gasteiger partial charge in [0.25, 0.3) is 19.6 Å². The van der Waals surface area contributed by atoms with Gasteiger partial charge in [-0.1, -0.05) is 16.6 Å². The average Bonchev–Trinajstić information content (AvgIpc) is 3.21. The van der Waals surface area contributed by atoms with Gasteiger partial charge in [0.05, 0.1) is 29.0 Å². The minimum absolute atomic E-state index is 0.0186. The maximum absolute atomic E-state index is 14.4. The number of carbonyl (C=O) groups excluding carboxylic acids is 1. The molecule has 4 rings (SSSR count). The van der Waals surface area contributed by atoms with Crippen LogP contribution in [0.4, 0.5) is 0 Å². The van der Waals surface area contributed by atoms with Crippen LogP contribution < -0.4 is 20.7 Å². The quantitative estimate of drug-likeness (QED) is 0.240. The van der Waals surface area contributed by atoms with Gasteiger partial charge in [0, 0.05) is 28.3 Å². The number of nitriles is 1. The third-order valence-electron chi connectivity index (χ3n) is 5.21. The Labute approximate surface area is 200 Å². The Morgan fingerprint density at radius 1 is 1.35 bits per heavy atom. The Balaban J connectivity index is 1.87. The van der Waals surface area contributed by atoms with E-state index < -0.39 is 13.3 Å². The zero-order valence-corrected chi connectivity index (χ0v) is 19.9. The summed E-state index contributed by atoms with van der Waals surface area (Å²) in [6, 6.07) is 11.8. The van der Waals surface area contributed by atoms with Crippen LogP contribution in [0.15, 0.2) is 55.1 Å². The summed E-state index contributed by atoms with van der Waals surface area (Å²) in [7, 11) is -2.56. The fraction of sp³-hybridized carbons (Fsp3) is 0.130. The lowest BCUT2D eigenvalue weighted by Gasteiger charge is -2.19. The van der Waals surface area contributed by atoms with Crippen LogP contribution in [-0.4, -0.2) is 23.0 Å². The molecule has 0 spiro atoms. The van der Waals surface area contributed by atoms with Crippen molar-refractivity contribution in [3.63, 3.8) is 0 Å². The van der Waals surface area contributed by atoms with Crippen LogP contribution in [-0.2, 0) is 15.6 Å². The standard InChI is InChI=1S/C23H19ClN5O4P/c1-14-5-15(9-25)7-18(6-14)34(32,33-2)22-19-8-17(24)3-4-20(19)28-21(22)23(30)27-11-16-10-26-13-29(31)12-16/h3-8,10,12-13,28H,11H2,1-2H3,(H,27,30). The summed E-state index contributed by atoms with van der Waals surface area (Å²) in [4.78, 5) is 20.1. The maximum atomic E-state index is 14.4. The molecular formula is C23H19ClN5O4P. The summed E-state index contributed by atoms with van der Waals surface area (Å²) in [5, 5.41) is 24.9. The first-order chi connectivity index (χ1) is 16.2. The summed E-state index contributed by atoms with van der Waals surface area (Å²) in [6.45, 7) is 1.80. The molecule has 1 amide bonds. The van der Waals surface area contributed by atoms with Crippen LogP contribution in [0, 0.1) is 23.5 Å². The number of nitrogens with zero attached hydrogens (tertiary/aromatic N) is 3. The molecule has 2 aromatic heterocycles. The van der Waals surface area contributed by atoms with E-state index in [0.717, 1.165) is 11.9 Å². The second-order valence-corrected chi connectivity index (χ2v) is 10.5. The lowest BCUT2D eigenvalue weighted by molar-refractivity contribution is -0.609. The van der Waals surface area contributed by atoms with Crippen molar-refractivity contribution in [2.24, 2.45) is 0 Å². The largest absolute Gasteiger partial charge is 0.711 e. The van der Waals surface area contributed by atoms with Crippen molar-refractivity contribution in [3.05, 3.63) is 87.7 Å². The van der Waals surface area contributed by atoms with E-state index in [-0.39, 0.29) is 22.8 Å². The molecule has 0 radical (unpaired) electrons. The number of aromatic amines is 1. The van der Waals surface area contributed by atoms with Crippen molar-refractivity contribution >= 4 is 46.4 Å². The Morgan fingerprint density at radius 2 is 2.15 bits per heavy atom. The summed E-state index contributed by atoms with van der Waals surface area (Å²) >= 11 is 6.22. The molecule has 1 unspecified atom stereocenters. The van der Waals surface area contributed by atoms with Crippen LogP contribution in [0.25, 0.3) is 10.9 Å². The summed E-state index contributed by atoms with van der Waals surface area (Å²) in [5.41, 5.74) is 2.09. The van der Waals surface area contributed by atoms with Crippen molar-refractivity contribution in [2.75, 3.05) is 7.11 Å². The second kappa shape index (κ2) is 9.27. The highest BCUT2D eigenvalue weighted by Crippen LogP contribution is 2.47. The number of aromatic nitrogens is 3. The average molecular weight is 496 g/mol. The van der Waals surface area contributed by atoms with Crippen LogP contribution >= 0.6 is 19.0 Å². The zero-order chi connectivity index (χ0) is 24.5. The van der Waals surface area contributed by atoms with E-state index >= 15 is 0 Å². The van der Waals surface area contributed by atoms with Gasteiger partial charge in [-0.25, -0.2) is 4.73 Å². The summed E-state index contributed by atoms with van der Waals surface area (Å²) in [6.07, 6.45) is 3.84. The molecule has 0 aliphatic carbocycles. The lowest BCUT2D eigenvalue weighted by atomic mass is 10.2. The molecular weight excluding hydrogens is 477 g/mol. The van der Waals surface area contributed by atoms with E-state index in [2.05, 4.69) is 21.4 Å². The highest BCUT2D eigenvalue weighted by molar-refractivity contribution is 7.75. The Hall–Kier alpha value is -3.70. The number of benzene rings is 2. The first-order valence-corrected chi connectivity index (χ1v) is 12.1. The van der Waals surface area contributed by atoms with Gasteiger partial charge >= 0.3 is 0 Å². The topological polar surface area (TPSA) is 135 Å². The molecule has 34 heavy (non-hydrogen) atoms. The minimum Gasteiger partial charge on any atom is -0.711 e. The van der Waals surface area contributed by atoms with Gasteiger partial charge in [-0.3, -0.25) is 9.36 Å². The first-order valence-electron chi connectivity index (χ1n) is 10.1. The van der Waals surface area contributed by atoms with Crippen molar-refractivity contribution in [2.45, 2.75) is 13.5 Å². The van der Waals surface area contributed by atoms with E-state index in [1.807, 2.05) is 0 Å². The zero-order valence-electron chi connectivity index (χ0n) is 18.2. The van der Waals surface area contributed by atoms with Crippen molar-refractivity contribution < 1.29 is 18.6 Å². The SMILES string of the molecule is COP(=O)(c1cc(C)cc(C#N)c1)c1c(C(=O)NCc2cnc[n+]([O-])c2)[nH]c2ccc(Cl)cc12. The van der Waals surface area contributed by atoms with Crippen LogP contribution in [0.2, 0.25) is 5.02 Å². The van der Waals surface area contributed by atoms with Crippen LogP contribution in [0.5, 0.6) is 0 Å². The maximum Gasteiger partial charge on any atom is 0.289 e. The molecule has 0 fully saturated rings. The molecule has 0 saturated carbocycles. The van der Waals surface area contributed by atoms with E-state index in [9.17, 15) is 19.8 Å². The summed E-state index contributed by atoms with van der Waals surface area (Å²) < 4.78 is 20.5. The third-order valence-corrected chi connectivity index (χ3v) is 7.95. The van der Waals surface area contributed by atoms with E-state index in [4.69, 9.17) is 16.1 Å². The van der Waals surface area contributed by atoms with E-state index in [1.165, 1.54) is 25.6 Å². The molecule has 172 valence electrons. The number of H-pyrrole nitrogens is 1. The van der Waals surface area contributed by atoms with Crippen molar-refractivity contribution in [3.8, 4) is 6.07 Å². The van der Waals surface area contributed by atoms with Gasteiger partial charge in [0.2, 0.25) is 0 Å². The number of aryl methyl sites for hydroxylation is 1. The Kier molecular flexibility index (Phi) is 6.40.